The van der Waals surface area contributed by atoms with Gasteiger partial charge in [-0.05, 0) is 84.8 Å². The predicted octanol–water partition coefficient (Wildman–Crippen LogP) is 4.68. The number of aliphatic hydroxyl groups excluding tert-OH is 1. The summed E-state index contributed by atoms with van der Waals surface area (Å²) in [6.45, 7) is 3.04. The molecule has 8 nitrogen and oxygen atoms in total. The molecule has 3 N–H and O–H groups in total. The van der Waals surface area contributed by atoms with Gasteiger partial charge in [-0.2, -0.15) is 0 Å². The van der Waals surface area contributed by atoms with E-state index in [0.717, 1.165) is 40.0 Å². The number of hydrogen-bond donors (Lipinski definition) is 3. The van der Waals surface area contributed by atoms with Crippen molar-refractivity contribution in [2.75, 3.05) is 34.0 Å². The van der Waals surface area contributed by atoms with Gasteiger partial charge >= 0.3 is 8.60 Å². The Morgan fingerprint density at radius 2 is 1.49 bits per heavy atom. The number of benzene rings is 3. The van der Waals surface area contributed by atoms with Crippen molar-refractivity contribution in [3.63, 3.8) is 0 Å². The standard InChI is InChI=1S/C28H32NO7P/c1-4-25(21-9-14-26-27(15-21)35-18-34-26)28(20-7-12-24(13-8-20)36-37(31)32)19-5-10-23(11-6-19)33-17-22(30)16-29(2)3/h5-15,22,30-32H,4,16-18H2,1-3H3. The Kier molecular flexibility index (Phi) is 9.03. The van der Waals surface area contributed by atoms with Gasteiger partial charge in [0.2, 0.25) is 6.79 Å². The third-order valence-corrected chi connectivity index (χ3v) is 6.24. The van der Waals surface area contributed by atoms with Gasteiger partial charge in [-0.1, -0.05) is 37.3 Å². The van der Waals surface area contributed by atoms with E-state index in [2.05, 4.69) is 6.92 Å². The van der Waals surface area contributed by atoms with Crippen LogP contribution < -0.4 is 18.7 Å². The summed E-state index contributed by atoms with van der Waals surface area (Å²) in [5.41, 5.74) is 5.06. The zero-order valence-electron chi connectivity index (χ0n) is 21.1. The first-order valence-electron chi connectivity index (χ1n) is 12.0. The molecule has 0 bridgehead atoms. The molecule has 196 valence electrons. The van der Waals surface area contributed by atoms with Crippen LogP contribution in [0.2, 0.25) is 0 Å². The summed E-state index contributed by atoms with van der Waals surface area (Å²) >= 11 is 0. The molecule has 0 saturated carbocycles. The van der Waals surface area contributed by atoms with Crippen LogP contribution in [-0.4, -0.2) is 59.9 Å². The Hall–Kier alpha value is -3.13. The largest absolute Gasteiger partial charge is 0.491 e. The van der Waals surface area contributed by atoms with Crippen molar-refractivity contribution >= 4 is 19.7 Å². The van der Waals surface area contributed by atoms with Crippen LogP contribution in [0.4, 0.5) is 0 Å². The Bertz CT molecular complexity index is 1210. The van der Waals surface area contributed by atoms with Crippen LogP contribution in [0.15, 0.2) is 66.7 Å². The molecule has 0 spiro atoms. The zero-order chi connectivity index (χ0) is 26.4. The number of aliphatic hydroxyl groups is 1. The van der Waals surface area contributed by atoms with Crippen LogP contribution in [0.25, 0.3) is 11.1 Å². The lowest BCUT2D eigenvalue weighted by Gasteiger charge is -2.18. The van der Waals surface area contributed by atoms with E-state index in [0.29, 0.717) is 23.8 Å². The number of rotatable bonds is 11. The molecular weight excluding hydrogens is 493 g/mol. The minimum atomic E-state index is -2.49. The van der Waals surface area contributed by atoms with E-state index in [9.17, 15) is 14.9 Å². The smallest absolute Gasteiger partial charge is 0.391 e. The van der Waals surface area contributed by atoms with Crippen molar-refractivity contribution in [1.82, 2.24) is 4.90 Å². The highest BCUT2D eigenvalue weighted by Crippen LogP contribution is 2.40. The Balaban J connectivity index is 1.70. The molecule has 9 heteroatoms. The third kappa shape index (κ3) is 7.01. The van der Waals surface area contributed by atoms with Crippen molar-refractivity contribution in [1.29, 1.82) is 0 Å². The summed E-state index contributed by atoms with van der Waals surface area (Å²) in [7, 11) is 1.32. The van der Waals surface area contributed by atoms with Gasteiger partial charge in [0.25, 0.3) is 0 Å². The monoisotopic (exact) mass is 525 g/mol. The number of nitrogens with zero attached hydrogens (tertiary/aromatic N) is 1. The zero-order valence-corrected chi connectivity index (χ0v) is 22.0. The molecule has 1 atom stereocenters. The fourth-order valence-corrected chi connectivity index (χ4v) is 4.60. The molecule has 3 aromatic carbocycles. The second kappa shape index (κ2) is 12.4. The molecule has 1 aliphatic heterocycles. The minimum Gasteiger partial charge on any atom is -0.491 e. The molecule has 1 heterocycles. The lowest BCUT2D eigenvalue weighted by Crippen LogP contribution is -2.30. The SMILES string of the molecule is CCC(=C(c1ccc(OCC(O)CN(C)C)cc1)c1ccc(OP(O)O)cc1)c1ccc2c(c1)OCO2. The van der Waals surface area contributed by atoms with E-state index in [1.807, 2.05) is 73.6 Å². The number of ether oxygens (including phenoxy) is 3. The normalized spacial score (nSPS) is 14.1. The minimum absolute atomic E-state index is 0.206. The summed E-state index contributed by atoms with van der Waals surface area (Å²) in [5.74, 6) is 2.49. The average molecular weight is 526 g/mol. The second-order valence-electron chi connectivity index (χ2n) is 8.90. The second-order valence-corrected chi connectivity index (χ2v) is 9.58. The van der Waals surface area contributed by atoms with Crippen molar-refractivity contribution in [2.24, 2.45) is 0 Å². The van der Waals surface area contributed by atoms with Gasteiger partial charge in [0, 0.05) is 6.54 Å². The quantitative estimate of drug-likeness (QED) is 0.245. The molecule has 3 aromatic rings. The van der Waals surface area contributed by atoms with E-state index in [1.54, 1.807) is 12.1 Å². The molecule has 0 saturated heterocycles. The number of hydrogen-bond acceptors (Lipinski definition) is 8. The van der Waals surface area contributed by atoms with Gasteiger partial charge in [0.15, 0.2) is 11.5 Å². The average Bonchev–Trinajstić information content (AvgIpc) is 3.34. The lowest BCUT2D eigenvalue weighted by atomic mass is 9.88. The van der Waals surface area contributed by atoms with Gasteiger partial charge in [-0.15, -0.1) is 0 Å². The highest BCUT2D eigenvalue weighted by Gasteiger charge is 2.18. The van der Waals surface area contributed by atoms with Crippen LogP contribution in [0.3, 0.4) is 0 Å². The molecular formula is C28H32NO7P. The highest BCUT2D eigenvalue weighted by molar-refractivity contribution is 7.39. The van der Waals surface area contributed by atoms with Gasteiger partial charge in [-0.25, -0.2) is 0 Å². The van der Waals surface area contributed by atoms with E-state index < -0.39 is 14.7 Å². The molecule has 37 heavy (non-hydrogen) atoms. The molecule has 4 rings (SSSR count). The summed E-state index contributed by atoms with van der Waals surface area (Å²) < 4.78 is 22.0. The first kappa shape index (κ1) is 26.9. The number of fused-ring (bicyclic) bond motifs is 1. The Morgan fingerprint density at radius 3 is 2.08 bits per heavy atom. The number of allylic oxidation sites excluding steroid dienone is 1. The van der Waals surface area contributed by atoms with E-state index in [-0.39, 0.29) is 13.4 Å². The maximum Gasteiger partial charge on any atom is 0.391 e. The molecule has 0 amide bonds. The molecule has 1 unspecified atom stereocenters. The number of likely N-dealkylation sites (N-methyl/N-ethyl adjacent to an activating group) is 1. The van der Waals surface area contributed by atoms with Crippen molar-refractivity contribution in [3.05, 3.63) is 83.4 Å². The van der Waals surface area contributed by atoms with E-state index in [4.69, 9.17) is 18.7 Å². The van der Waals surface area contributed by atoms with Crippen LogP contribution in [0, 0.1) is 0 Å². The summed E-state index contributed by atoms with van der Waals surface area (Å²) in [6.07, 6.45) is 0.170. The third-order valence-electron chi connectivity index (χ3n) is 5.87. The predicted molar refractivity (Wildman–Crippen MR) is 144 cm³/mol. The van der Waals surface area contributed by atoms with Crippen LogP contribution in [0.1, 0.15) is 30.0 Å². The van der Waals surface area contributed by atoms with Crippen molar-refractivity contribution in [2.45, 2.75) is 19.4 Å². The maximum atomic E-state index is 10.1. The van der Waals surface area contributed by atoms with E-state index >= 15 is 0 Å². The molecule has 0 radical (unpaired) electrons. The highest BCUT2D eigenvalue weighted by atomic mass is 31.2. The molecule has 0 aliphatic carbocycles. The Morgan fingerprint density at radius 1 is 0.892 bits per heavy atom. The van der Waals surface area contributed by atoms with Crippen LogP contribution in [0.5, 0.6) is 23.0 Å². The maximum absolute atomic E-state index is 10.1. The first-order chi connectivity index (χ1) is 17.8. The Labute approximate surface area is 218 Å². The summed E-state index contributed by atoms with van der Waals surface area (Å²) in [5, 5.41) is 10.1. The van der Waals surface area contributed by atoms with Crippen molar-refractivity contribution < 1.29 is 33.6 Å². The molecule has 0 fully saturated rings. The lowest BCUT2D eigenvalue weighted by molar-refractivity contribution is 0.0831. The van der Waals surface area contributed by atoms with Gasteiger partial charge < -0.3 is 38.5 Å². The topological polar surface area (TPSA) is 101 Å². The van der Waals surface area contributed by atoms with Crippen LogP contribution in [-0.2, 0) is 0 Å². The van der Waals surface area contributed by atoms with E-state index in [1.165, 1.54) is 0 Å². The summed E-state index contributed by atoms with van der Waals surface area (Å²) in [4.78, 5) is 20.3. The molecule has 0 aromatic heterocycles. The van der Waals surface area contributed by atoms with Crippen LogP contribution >= 0.6 is 8.60 Å². The van der Waals surface area contributed by atoms with Crippen molar-refractivity contribution in [3.8, 4) is 23.0 Å². The fourth-order valence-electron chi connectivity index (χ4n) is 4.29. The molecule has 1 aliphatic rings. The van der Waals surface area contributed by atoms with Gasteiger partial charge in [0.1, 0.15) is 24.2 Å². The summed E-state index contributed by atoms with van der Waals surface area (Å²) in [6, 6.07) is 20.9. The van der Waals surface area contributed by atoms with Gasteiger partial charge in [-0.3, -0.25) is 0 Å². The first-order valence-corrected chi connectivity index (χ1v) is 13.2. The fraction of sp³-hybridized carbons (Fsp3) is 0.286. The van der Waals surface area contributed by atoms with Gasteiger partial charge in [0.05, 0.1) is 0 Å².